The molecule has 0 atom stereocenters. The average Bonchev–Trinajstić information content (AvgIpc) is 2.88. The third kappa shape index (κ3) is 4.92. The molecule has 0 aliphatic carbocycles. The van der Waals surface area contributed by atoms with Crippen LogP contribution < -0.4 is 10.6 Å². The molecule has 7 heteroatoms. The van der Waals surface area contributed by atoms with Crippen molar-refractivity contribution in [3.8, 4) is 0 Å². The van der Waals surface area contributed by atoms with Crippen molar-refractivity contribution in [3.63, 3.8) is 0 Å². The number of fused-ring (bicyclic) bond motifs is 1. The van der Waals surface area contributed by atoms with Crippen molar-refractivity contribution in [2.24, 2.45) is 5.92 Å². The molecule has 1 aliphatic heterocycles. The molecular formula is C21H30ClFN4O. The summed E-state index contributed by atoms with van der Waals surface area (Å²) in [6.45, 7) is 10.7. The number of hydrogen-bond acceptors (Lipinski definition) is 3. The number of anilines is 1. The molecule has 3 rings (SSSR count). The maximum absolute atomic E-state index is 14.7. The lowest BCUT2D eigenvalue weighted by Crippen LogP contribution is -2.25. The number of nitrogens with zero attached hydrogens (tertiary/aromatic N) is 2. The van der Waals surface area contributed by atoms with Gasteiger partial charge in [-0.25, -0.2) is 4.39 Å². The summed E-state index contributed by atoms with van der Waals surface area (Å²) in [5.41, 5.74) is 5.16. The summed E-state index contributed by atoms with van der Waals surface area (Å²) in [6, 6.07) is 3.56. The molecule has 1 amide bonds. The topological polar surface area (TPSA) is 59.0 Å². The number of hydrogen-bond donors (Lipinski definition) is 2. The molecule has 0 radical (unpaired) electrons. The van der Waals surface area contributed by atoms with Crippen molar-refractivity contribution in [1.82, 2.24) is 15.1 Å². The quantitative estimate of drug-likeness (QED) is 0.761. The zero-order valence-electron chi connectivity index (χ0n) is 17.1. The van der Waals surface area contributed by atoms with E-state index in [4.69, 9.17) is 0 Å². The van der Waals surface area contributed by atoms with Crippen LogP contribution in [0.5, 0.6) is 0 Å². The largest absolute Gasteiger partial charge is 0.324 e. The van der Waals surface area contributed by atoms with Gasteiger partial charge in [-0.2, -0.15) is 5.10 Å². The molecule has 28 heavy (non-hydrogen) atoms. The highest BCUT2D eigenvalue weighted by atomic mass is 35.5. The van der Waals surface area contributed by atoms with Crippen LogP contribution in [0.3, 0.4) is 0 Å². The molecule has 1 aromatic carbocycles. The van der Waals surface area contributed by atoms with E-state index in [1.54, 1.807) is 6.07 Å². The Bertz CT molecular complexity index is 847. The van der Waals surface area contributed by atoms with E-state index < -0.39 is 0 Å². The molecule has 0 unspecified atom stereocenters. The van der Waals surface area contributed by atoms with Crippen LogP contribution >= 0.6 is 12.4 Å². The Hall–Kier alpha value is -1.92. The van der Waals surface area contributed by atoms with E-state index in [0.29, 0.717) is 37.3 Å². The van der Waals surface area contributed by atoms with Gasteiger partial charge in [-0.3, -0.25) is 9.48 Å². The van der Waals surface area contributed by atoms with Crippen molar-refractivity contribution < 1.29 is 9.18 Å². The smallest absolute Gasteiger partial charge is 0.224 e. The second-order valence-electron chi connectivity index (χ2n) is 7.77. The number of carbonyl (C=O) groups is 1. The number of amides is 1. The lowest BCUT2D eigenvalue weighted by molar-refractivity contribution is -0.116. The fourth-order valence-corrected chi connectivity index (χ4v) is 3.70. The molecule has 1 aliphatic rings. The first-order valence-electron chi connectivity index (χ1n) is 9.70. The predicted octanol–water partition coefficient (Wildman–Crippen LogP) is 3.93. The molecule has 0 fully saturated rings. The number of carbonyl (C=O) groups excluding carboxylic acids is 1. The first-order chi connectivity index (χ1) is 12.9. The zero-order chi connectivity index (χ0) is 19.6. The molecular weight excluding hydrogens is 379 g/mol. The molecule has 2 N–H and O–H groups in total. The lowest BCUT2D eigenvalue weighted by atomic mass is 9.99. The second kappa shape index (κ2) is 9.52. The van der Waals surface area contributed by atoms with Crippen LogP contribution in [0.25, 0.3) is 0 Å². The van der Waals surface area contributed by atoms with Crippen LogP contribution in [-0.2, 0) is 30.7 Å². The standard InChI is InChI=1S/C21H29FN4O.ClH/c1-13(2)12-26-15(4)17(14(3)25-26)6-8-20(27)24-19-7-5-16-11-23-10-9-18(16)21(19)22;/h5,7,13,23H,6,8-12H2,1-4H3,(H,24,27);1H. The van der Waals surface area contributed by atoms with Crippen molar-refractivity contribution >= 4 is 24.0 Å². The summed E-state index contributed by atoms with van der Waals surface area (Å²) in [5, 5.41) is 10.6. The minimum absolute atomic E-state index is 0. The molecule has 0 saturated carbocycles. The van der Waals surface area contributed by atoms with Crippen LogP contribution in [0.1, 0.15) is 48.3 Å². The van der Waals surface area contributed by atoms with Gasteiger partial charge in [0, 0.05) is 25.2 Å². The molecule has 0 spiro atoms. The molecule has 154 valence electrons. The fourth-order valence-electron chi connectivity index (χ4n) is 3.70. The van der Waals surface area contributed by atoms with Crippen molar-refractivity contribution in [3.05, 3.63) is 46.0 Å². The zero-order valence-corrected chi connectivity index (χ0v) is 17.9. The van der Waals surface area contributed by atoms with E-state index in [1.165, 1.54) is 0 Å². The third-order valence-corrected chi connectivity index (χ3v) is 5.15. The number of rotatable bonds is 6. The van der Waals surface area contributed by atoms with Gasteiger partial charge in [0.15, 0.2) is 0 Å². The van der Waals surface area contributed by atoms with Gasteiger partial charge in [0.1, 0.15) is 5.82 Å². The highest BCUT2D eigenvalue weighted by Gasteiger charge is 2.18. The minimum atomic E-state index is -0.292. The summed E-state index contributed by atoms with van der Waals surface area (Å²) in [5.74, 6) is 0.0546. The van der Waals surface area contributed by atoms with Crippen molar-refractivity contribution in [1.29, 1.82) is 0 Å². The number of nitrogens with one attached hydrogen (secondary N) is 2. The van der Waals surface area contributed by atoms with Crippen LogP contribution in [0, 0.1) is 25.6 Å². The number of halogens is 2. The van der Waals surface area contributed by atoms with Gasteiger partial charge in [0.2, 0.25) is 5.91 Å². The number of aromatic nitrogens is 2. The van der Waals surface area contributed by atoms with E-state index in [0.717, 1.165) is 35.6 Å². The Balaban J connectivity index is 0.00000280. The monoisotopic (exact) mass is 408 g/mol. The SMILES string of the molecule is Cc1nn(CC(C)C)c(C)c1CCC(=O)Nc1ccc2c(c1F)CCNC2.Cl. The second-order valence-corrected chi connectivity index (χ2v) is 7.77. The highest BCUT2D eigenvalue weighted by Crippen LogP contribution is 2.25. The van der Waals surface area contributed by atoms with Gasteiger partial charge in [-0.05, 0) is 61.9 Å². The third-order valence-electron chi connectivity index (χ3n) is 5.15. The van der Waals surface area contributed by atoms with Crippen molar-refractivity contribution in [2.75, 3.05) is 11.9 Å². The maximum Gasteiger partial charge on any atom is 0.224 e. The average molecular weight is 409 g/mol. The summed E-state index contributed by atoms with van der Waals surface area (Å²) in [4.78, 5) is 12.4. The van der Waals surface area contributed by atoms with Gasteiger partial charge in [-0.15, -0.1) is 12.4 Å². The molecule has 2 aromatic rings. The van der Waals surface area contributed by atoms with Gasteiger partial charge in [-0.1, -0.05) is 19.9 Å². The summed E-state index contributed by atoms with van der Waals surface area (Å²) in [7, 11) is 0. The fraction of sp³-hybridized carbons (Fsp3) is 0.524. The van der Waals surface area contributed by atoms with Crippen LogP contribution in [0.4, 0.5) is 10.1 Å². The summed E-state index contributed by atoms with van der Waals surface area (Å²) < 4.78 is 16.7. The Labute approximate surface area is 172 Å². The first-order valence-corrected chi connectivity index (χ1v) is 9.70. The van der Waals surface area contributed by atoms with Crippen LogP contribution in [0.2, 0.25) is 0 Å². The Morgan fingerprint density at radius 2 is 2.11 bits per heavy atom. The maximum atomic E-state index is 14.7. The highest BCUT2D eigenvalue weighted by molar-refractivity contribution is 5.91. The van der Waals surface area contributed by atoms with E-state index in [-0.39, 0.29) is 29.8 Å². The first kappa shape index (κ1) is 22.4. The summed E-state index contributed by atoms with van der Waals surface area (Å²) >= 11 is 0. The number of benzene rings is 1. The predicted molar refractivity (Wildman–Crippen MR) is 113 cm³/mol. The summed E-state index contributed by atoms with van der Waals surface area (Å²) in [6.07, 6.45) is 1.57. The van der Waals surface area contributed by atoms with E-state index in [1.807, 2.05) is 24.6 Å². The Morgan fingerprint density at radius 3 is 2.82 bits per heavy atom. The lowest BCUT2D eigenvalue weighted by Gasteiger charge is -2.19. The van der Waals surface area contributed by atoms with Crippen molar-refractivity contribution in [2.45, 2.75) is 60.0 Å². The van der Waals surface area contributed by atoms with Crippen LogP contribution in [0.15, 0.2) is 12.1 Å². The molecule has 0 bridgehead atoms. The van der Waals surface area contributed by atoms with E-state index in [9.17, 15) is 9.18 Å². The van der Waals surface area contributed by atoms with Gasteiger partial charge in [0.05, 0.1) is 11.4 Å². The molecule has 2 heterocycles. The van der Waals surface area contributed by atoms with Crippen LogP contribution in [-0.4, -0.2) is 22.2 Å². The Morgan fingerprint density at radius 1 is 1.36 bits per heavy atom. The van der Waals surface area contributed by atoms with Gasteiger partial charge >= 0.3 is 0 Å². The molecule has 0 saturated heterocycles. The van der Waals surface area contributed by atoms with Gasteiger partial charge < -0.3 is 10.6 Å². The molecule has 1 aromatic heterocycles. The molecule has 5 nitrogen and oxygen atoms in total. The Kier molecular flexibility index (Phi) is 7.61. The minimum Gasteiger partial charge on any atom is -0.324 e. The van der Waals surface area contributed by atoms with E-state index in [2.05, 4.69) is 29.6 Å². The van der Waals surface area contributed by atoms with E-state index >= 15 is 0 Å². The number of aryl methyl sites for hydroxylation is 1. The van der Waals surface area contributed by atoms with Gasteiger partial charge in [0.25, 0.3) is 0 Å². The normalized spacial score (nSPS) is 13.2.